The van der Waals surface area contributed by atoms with E-state index >= 15 is 0 Å². The van der Waals surface area contributed by atoms with Gasteiger partial charge in [0.1, 0.15) is 11.5 Å². The van der Waals surface area contributed by atoms with E-state index in [9.17, 15) is 0 Å². The molecule has 19 heavy (non-hydrogen) atoms. The summed E-state index contributed by atoms with van der Waals surface area (Å²) >= 11 is 0. The summed E-state index contributed by atoms with van der Waals surface area (Å²) in [6.07, 6.45) is 3.01. The zero-order valence-corrected chi connectivity index (χ0v) is 12.1. The van der Waals surface area contributed by atoms with Gasteiger partial charge in [-0.05, 0) is 42.0 Å². The lowest BCUT2D eigenvalue weighted by molar-refractivity contribution is 0.226. The molecule has 2 heterocycles. The van der Waals surface area contributed by atoms with Crippen molar-refractivity contribution >= 4 is 5.84 Å². The molecule has 2 rings (SSSR count). The van der Waals surface area contributed by atoms with Gasteiger partial charge in [0.05, 0.1) is 0 Å². The molecule has 0 aromatic carbocycles. The Labute approximate surface area is 115 Å². The average molecular weight is 260 g/mol. The lowest BCUT2D eigenvalue weighted by Crippen LogP contribution is -2.26. The van der Waals surface area contributed by atoms with Crippen LogP contribution < -0.4 is 5.73 Å². The molecule has 4 heteroatoms. The van der Waals surface area contributed by atoms with Gasteiger partial charge in [-0.25, -0.2) is 0 Å². The van der Waals surface area contributed by atoms with Crippen LogP contribution in [0.15, 0.2) is 18.3 Å². The van der Waals surface area contributed by atoms with Gasteiger partial charge in [0.25, 0.3) is 0 Å². The number of nitrogens with one attached hydrogen (secondary N) is 1. The number of hydrogen-bond donors (Lipinski definition) is 2. The fraction of sp³-hybridized carbons (Fsp3) is 0.600. The van der Waals surface area contributed by atoms with Gasteiger partial charge in [-0.15, -0.1) is 0 Å². The zero-order valence-electron chi connectivity index (χ0n) is 12.1. The van der Waals surface area contributed by atoms with E-state index in [0.29, 0.717) is 11.1 Å². The number of nitrogens with zero attached hydrogens (tertiary/aromatic N) is 2. The molecule has 1 saturated heterocycles. The maximum Gasteiger partial charge on any atom is 0.141 e. The molecule has 1 aliphatic heterocycles. The molecule has 0 amide bonds. The van der Waals surface area contributed by atoms with E-state index in [1.165, 1.54) is 12.0 Å². The molecule has 0 radical (unpaired) electrons. The number of likely N-dealkylation sites (tertiary alicyclic amines) is 1. The van der Waals surface area contributed by atoms with Crippen LogP contribution in [0.4, 0.5) is 0 Å². The average Bonchev–Trinajstić information content (AvgIpc) is 2.77. The van der Waals surface area contributed by atoms with E-state index in [-0.39, 0.29) is 5.84 Å². The molecular formula is C15H24N4. The molecule has 4 nitrogen and oxygen atoms in total. The predicted octanol–water partition coefficient (Wildman–Crippen LogP) is 2.23. The van der Waals surface area contributed by atoms with Crippen LogP contribution in [0.3, 0.4) is 0 Å². The fourth-order valence-electron chi connectivity index (χ4n) is 2.66. The summed E-state index contributed by atoms with van der Waals surface area (Å²) in [5, 5.41) is 7.43. The molecule has 1 unspecified atom stereocenters. The van der Waals surface area contributed by atoms with Crippen LogP contribution in [-0.4, -0.2) is 28.8 Å². The number of amidine groups is 1. The maximum atomic E-state index is 7.43. The van der Waals surface area contributed by atoms with Crippen LogP contribution in [0.5, 0.6) is 0 Å². The van der Waals surface area contributed by atoms with Crippen LogP contribution in [0.1, 0.15) is 38.4 Å². The van der Waals surface area contributed by atoms with Crippen molar-refractivity contribution in [1.82, 2.24) is 9.88 Å². The first-order valence-corrected chi connectivity index (χ1v) is 6.88. The Hall–Kier alpha value is -1.42. The van der Waals surface area contributed by atoms with Gasteiger partial charge in [-0.3, -0.25) is 15.3 Å². The largest absolute Gasteiger partial charge is 0.382 e. The molecule has 3 N–H and O–H groups in total. The molecule has 104 valence electrons. The lowest BCUT2D eigenvalue weighted by atomic mass is 9.80. The minimum atomic E-state index is 0.0378. The Morgan fingerprint density at radius 3 is 2.84 bits per heavy atom. The van der Waals surface area contributed by atoms with Crippen molar-refractivity contribution in [2.45, 2.75) is 33.7 Å². The molecular weight excluding hydrogens is 236 g/mol. The lowest BCUT2D eigenvalue weighted by Gasteiger charge is -2.27. The molecule has 1 aromatic rings. The molecule has 1 atom stereocenters. The first-order valence-electron chi connectivity index (χ1n) is 6.88. The van der Waals surface area contributed by atoms with Gasteiger partial charge < -0.3 is 5.73 Å². The second kappa shape index (κ2) is 5.29. The van der Waals surface area contributed by atoms with E-state index in [2.05, 4.69) is 30.7 Å². The van der Waals surface area contributed by atoms with Gasteiger partial charge in [0.2, 0.25) is 0 Å². The van der Waals surface area contributed by atoms with Crippen LogP contribution in [0, 0.1) is 16.7 Å². The van der Waals surface area contributed by atoms with Crippen molar-refractivity contribution in [2.75, 3.05) is 13.1 Å². The van der Waals surface area contributed by atoms with Crippen molar-refractivity contribution in [2.24, 2.45) is 17.1 Å². The van der Waals surface area contributed by atoms with Crippen LogP contribution in [-0.2, 0) is 6.54 Å². The fourth-order valence-corrected chi connectivity index (χ4v) is 2.66. The smallest absolute Gasteiger partial charge is 0.141 e. The predicted molar refractivity (Wildman–Crippen MR) is 78.1 cm³/mol. The number of aromatic nitrogens is 1. The standard InChI is InChI=1S/C15H24N4/c1-15(2,3)12-5-7-19(10-12)9-11-4-6-18-13(8-11)14(16)17/h4,6,8,12H,5,7,9-10H2,1-3H3,(H3,16,17). The van der Waals surface area contributed by atoms with Gasteiger partial charge >= 0.3 is 0 Å². The van der Waals surface area contributed by atoms with Crippen molar-refractivity contribution in [1.29, 1.82) is 5.41 Å². The summed E-state index contributed by atoms with van der Waals surface area (Å²) in [4.78, 5) is 6.58. The topological polar surface area (TPSA) is 66.0 Å². The van der Waals surface area contributed by atoms with E-state index in [1.54, 1.807) is 6.20 Å². The minimum Gasteiger partial charge on any atom is -0.382 e. The van der Waals surface area contributed by atoms with Crippen LogP contribution in [0.2, 0.25) is 0 Å². The SMILES string of the molecule is CC(C)(C)C1CCN(Cc2ccnc(C(=N)N)c2)C1. The molecule has 0 saturated carbocycles. The normalized spacial score (nSPS) is 20.7. The third kappa shape index (κ3) is 3.53. The Balaban J connectivity index is 1.99. The van der Waals surface area contributed by atoms with E-state index in [1.807, 2.05) is 12.1 Å². The van der Waals surface area contributed by atoms with Gasteiger partial charge in [0, 0.05) is 19.3 Å². The number of nitrogens with two attached hydrogens (primary N) is 1. The summed E-state index contributed by atoms with van der Waals surface area (Å²) in [7, 11) is 0. The summed E-state index contributed by atoms with van der Waals surface area (Å²) in [6, 6.07) is 3.93. The third-order valence-corrected chi connectivity index (χ3v) is 4.00. The Kier molecular flexibility index (Phi) is 3.90. The highest BCUT2D eigenvalue weighted by atomic mass is 15.1. The highest BCUT2D eigenvalue weighted by Crippen LogP contribution is 2.33. The van der Waals surface area contributed by atoms with Crippen molar-refractivity contribution in [3.8, 4) is 0 Å². The maximum absolute atomic E-state index is 7.43. The highest BCUT2D eigenvalue weighted by molar-refractivity contribution is 5.93. The molecule has 0 spiro atoms. The summed E-state index contributed by atoms with van der Waals surface area (Å²) in [5.74, 6) is 0.803. The van der Waals surface area contributed by atoms with Crippen LogP contribution in [0.25, 0.3) is 0 Å². The first-order chi connectivity index (χ1) is 8.86. The third-order valence-electron chi connectivity index (χ3n) is 4.00. The van der Waals surface area contributed by atoms with Gasteiger partial charge in [0.15, 0.2) is 0 Å². The van der Waals surface area contributed by atoms with Crippen molar-refractivity contribution in [3.05, 3.63) is 29.6 Å². The highest BCUT2D eigenvalue weighted by Gasteiger charge is 2.31. The van der Waals surface area contributed by atoms with Crippen LogP contribution >= 0.6 is 0 Å². The van der Waals surface area contributed by atoms with E-state index in [0.717, 1.165) is 25.6 Å². The molecule has 1 fully saturated rings. The quantitative estimate of drug-likeness (QED) is 0.647. The molecule has 0 bridgehead atoms. The number of hydrogen-bond acceptors (Lipinski definition) is 3. The molecule has 1 aromatic heterocycles. The first kappa shape index (κ1) is 14.0. The van der Waals surface area contributed by atoms with Crippen molar-refractivity contribution in [3.63, 3.8) is 0 Å². The number of pyridine rings is 1. The second-order valence-electron chi connectivity index (χ2n) is 6.55. The van der Waals surface area contributed by atoms with Crippen molar-refractivity contribution < 1.29 is 0 Å². The Morgan fingerprint density at radius 1 is 1.53 bits per heavy atom. The monoisotopic (exact) mass is 260 g/mol. The molecule has 1 aliphatic rings. The van der Waals surface area contributed by atoms with E-state index < -0.39 is 0 Å². The Bertz CT molecular complexity index is 461. The summed E-state index contributed by atoms with van der Waals surface area (Å²) in [6.45, 7) is 10.2. The van der Waals surface area contributed by atoms with E-state index in [4.69, 9.17) is 11.1 Å². The van der Waals surface area contributed by atoms with Gasteiger partial charge in [-0.2, -0.15) is 0 Å². The number of nitrogen functional groups attached to an aromatic ring is 1. The zero-order chi connectivity index (χ0) is 14.0. The summed E-state index contributed by atoms with van der Waals surface area (Å²) < 4.78 is 0. The minimum absolute atomic E-state index is 0.0378. The second-order valence-corrected chi connectivity index (χ2v) is 6.55. The van der Waals surface area contributed by atoms with Gasteiger partial charge in [-0.1, -0.05) is 20.8 Å². The summed E-state index contributed by atoms with van der Waals surface area (Å²) in [5.41, 5.74) is 7.63. The Morgan fingerprint density at radius 2 is 2.26 bits per heavy atom. The molecule has 0 aliphatic carbocycles. The number of rotatable bonds is 3.